The second-order valence-electron chi connectivity index (χ2n) is 3.66. The molecule has 2 N–H and O–H groups in total. The van der Waals surface area contributed by atoms with Crippen LogP contribution in [-0.4, -0.2) is 17.4 Å². The number of rotatable bonds is 3. The number of nitrogens with one attached hydrogen (secondary N) is 2. The molecular weight excluding hydrogens is 164 g/mol. The number of hydrogen-bond donors (Lipinski definition) is 2. The Morgan fingerprint density at radius 2 is 2.23 bits per heavy atom. The molecule has 13 heavy (non-hydrogen) atoms. The first-order chi connectivity index (χ1) is 6.11. The van der Waals surface area contributed by atoms with Crippen LogP contribution in [0.2, 0.25) is 0 Å². The highest BCUT2D eigenvalue weighted by atomic mass is 16.1. The van der Waals surface area contributed by atoms with Crippen LogP contribution in [0.4, 0.5) is 0 Å². The predicted molar refractivity (Wildman–Crippen MR) is 52.7 cm³/mol. The molecule has 0 saturated carbocycles. The van der Waals surface area contributed by atoms with Crippen LogP contribution >= 0.6 is 0 Å². The molecule has 0 unspecified atom stereocenters. The fraction of sp³-hybridized carbons (Fsp3) is 0.500. The minimum Gasteiger partial charge on any atom is -0.367 e. The van der Waals surface area contributed by atoms with E-state index in [1.165, 1.54) is 0 Å². The van der Waals surface area contributed by atoms with Gasteiger partial charge in [0.1, 0.15) is 0 Å². The van der Waals surface area contributed by atoms with E-state index in [2.05, 4.69) is 24.1 Å². The summed E-state index contributed by atoms with van der Waals surface area (Å²) in [6.07, 6.45) is 3.55. The lowest BCUT2D eigenvalue weighted by molar-refractivity contribution is 0.0948. The molecule has 0 aromatic carbocycles. The molecule has 72 valence electrons. The summed E-state index contributed by atoms with van der Waals surface area (Å²) >= 11 is 0. The van der Waals surface area contributed by atoms with Crippen molar-refractivity contribution in [2.75, 3.05) is 6.54 Å². The average molecular weight is 180 g/mol. The zero-order valence-electron chi connectivity index (χ0n) is 8.35. The van der Waals surface area contributed by atoms with Crippen molar-refractivity contribution in [2.45, 2.75) is 20.8 Å². The summed E-state index contributed by atoms with van der Waals surface area (Å²) in [6, 6.07) is 0. The van der Waals surface area contributed by atoms with Crippen LogP contribution in [0.25, 0.3) is 0 Å². The minimum atomic E-state index is 0.00690. The normalized spacial score (nSPS) is 10.5. The third kappa shape index (κ3) is 2.61. The second kappa shape index (κ2) is 4.12. The van der Waals surface area contributed by atoms with Gasteiger partial charge in [-0.15, -0.1) is 0 Å². The molecule has 1 aromatic rings. The second-order valence-corrected chi connectivity index (χ2v) is 3.66. The maximum absolute atomic E-state index is 11.5. The van der Waals surface area contributed by atoms with Gasteiger partial charge in [-0.25, -0.2) is 0 Å². The van der Waals surface area contributed by atoms with Gasteiger partial charge < -0.3 is 10.3 Å². The number of aromatic nitrogens is 1. The van der Waals surface area contributed by atoms with Gasteiger partial charge in [-0.1, -0.05) is 13.8 Å². The molecule has 3 heteroatoms. The molecule has 0 spiro atoms. The Morgan fingerprint density at radius 3 is 2.69 bits per heavy atom. The molecule has 1 aromatic heterocycles. The van der Waals surface area contributed by atoms with Gasteiger partial charge in [0.05, 0.1) is 5.56 Å². The van der Waals surface area contributed by atoms with E-state index in [1.807, 2.05) is 13.1 Å². The third-order valence-electron chi connectivity index (χ3n) is 1.87. The topological polar surface area (TPSA) is 44.9 Å². The Kier molecular flexibility index (Phi) is 3.12. The van der Waals surface area contributed by atoms with E-state index < -0.39 is 0 Å². The molecule has 1 rings (SSSR count). The Bertz CT molecular complexity index is 289. The van der Waals surface area contributed by atoms with Crippen molar-refractivity contribution in [3.8, 4) is 0 Å². The van der Waals surface area contributed by atoms with Crippen LogP contribution in [0, 0.1) is 12.8 Å². The molecule has 0 bridgehead atoms. The molecule has 0 radical (unpaired) electrons. The highest BCUT2D eigenvalue weighted by Crippen LogP contribution is 2.05. The van der Waals surface area contributed by atoms with Crippen LogP contribution in [-0.2, 0) is 0 Å². The van der Waals surface area contributed by atoms with Crippen molar-refractivity contribution >= 4 is 5.91 Å². The molecule has 0 atom stereocenters. The van der Waals surface area contributed by atoms with Crippen molar-refractivity contribution in [1.29, 1.82) is 0 Å². The van der Waals surface area contributed by atoms with Gasteiger partial charge in [-0.2, -0.15) is 0 Å². The van der Waals surface area contributed by atoms with Crippen molar-refractivity contribution in [3.63, 3.8) is 0 Å². The lowest BCUT2D eigenvalue weighted by Crippen LogP contribution is -2.27. The van der Waals surface area contributed by atoms with Crippen molar-refractivity contribution < 1.29 is 4.79 Å². The molecule has 1 amide bonds. The maximum atomic E-state index is 11.5. The number of aromatic amines is 1. The first-order valence-electron chi connectivity index (χ1n) is 4.53. The van der Waals surface area contributed by atoms with Crippen molar-refractivity contribution in [1.82, 2.24) is 10.3 Å². The highest BCUT2D eigenvalue weighted by molar-refractivity contribution is 5.95. The van der Waals surface area contributed by atoms with E-state index in [9.17, 15) is 4.79 Å². The van der Waals surface area contributed by atoms with Crippen LogP contribution in [0.15, 0.2) is 12.4 Å². The quantitative estimate of drug-likeness (QED) is 0.730. The maximum Gasteiger partial charge on any atom is 0.253 e. The molecular formula is C10H16N2O. The Morgan fingerprint density at radius 1 is 1.54 bits per heavy atom. The fourth-order valence-electron chi connectivity index (χ4n) is 1.08. The number of amides is 1. The van der Waals surface area contributed by atoms with Gasteiger partial charge in [0.2, 0.25) is 0 Å². The SMILES string of the molecule is Cc1c[nH]cc1C(=O)NCC(C)C. The largest absolute Gasteiger partial charge is 0.367 e. The van der Waals surface area contributed by atoms with Crippen LogP contribution in [0.3, 0.4) is 0 Å². The zero-order chi connectivity index (χ0) is 9.84. The minimum absolute atomic E-state index is 0.00690. The van der Waals surface area contributed by atoms with Crippen molar-refractivity contribution in [3.05, 3.63) is 23.5 Å². The van der Waals surface area contributed by atoms with E-state index in [4.69, 9.17) is 0 Å². The van der Waals surface area contributed by atoms with Gasteiger partial charge in [-0.05, 0) is 18.4 Å². The summed E-state index contributed by atoms with van der Waals surface area (Å²) in [7, 11) is 0. The molecule has 1 heterocycles. The Balaban J connectivity index is 2.54. The monoisotopic (exact) mass is 180 g/mol. The fourth-order valence-corrected chi connectivity index (χ4v) is 1.08. The summed E-state index contributed by atoms with van der Waals surface area (Å²) < 4.78 is 0. The van der Waals surface area contributed by atoms with Crippen molar-refractivity contribution in [2.24, 2.45) is 5.92 Å². The molecule has 0 aliphatic carbocycles. The van der Waals surface area contributed by atoms with E-state index in [0.29, 0.717) is 5.92 Å². The first-order valence-corrected chi connectivity index (χ1v) is 4.53. The van der Waals surface area contributed by atoms with Crippen LogP contribution in [0.5, 0.6) is 0 Å². The molecule has 3 nitrogen and oxygen atoms in total. The summed E-state index contributed by atoms with van der Waals surface area (Å²) in [5.41, 5.74) is 1.72. The third-order valence-corrected chi connectivity index (χ3v) is 1.87. The summed E-state index contributed by atoms with van der Waals surface area (Å²) in [5.74, 6) is 0.496. The number of aryl methyl sites for hydroxylation is 1. The number of H-pyrrole nitrogens is 1. The molecule has 0 saturated heterocycles. The smallest absolute Gasteiger partial charge is 0.253 e. The van der Waals surface area contributed by atoms with Gasteiger partial charge in [0, 0.05) is 18.9 Å². The van der Waals surface area contributed by atoms with Gasteiger partial charge >= 0.3 is 0 Å². The lowest BCUT2D eigenvalue weighted by Gasteiger charge is -2.06. The Hall–Kier alpha value is -1.25. The van der Waals surface area contributed by atoms with Crippen LogP contribution < -0.4 is 5.32 Å². The standard InChI is InChI=1S/C10H16N2O/c1-7(2)4-12-10(13)9-6-11-5-8(9)3/h5-7,11H,4H2,1-3H3,(H,12,13). The molecule has 0 aliphatic heterocycles. The summed E-state index contributed by atoms with van der Waals surface area (Å²) in [4.78, 5) is 14.4. The number of hydrogen-bond acceptors (Lipinski definition) is 1. The summed E-state index contributed by atoms with van der Waals surface area (Å²) in [6.45, 7) is 6.79. The van der Waals surface area contributed by atoms with Gasteiger partial charge in [-0.3, -0.25) is 4.79 Å². The first kappa shape index (κ1) is 9.84. The zero-order valence-corrected chi connectivity index (χ0v) is 8.35. The highest BCUT2D eigenvalue weighted by Gasteiger charge is 2.08. The average Bonchev–Trinajstić information content (AvgIpc) is 2.47. The molecule has 0 aliphatic rings. The van der Waals surface area contributed by atoms with E-state index in [0.717, 1.165) is 17.7 Å². The van der Waals surface area contributed by atoms with Gasteiger partial charge in [0.15, 0.2) is 0 Å². The molecule has 0 fully saturated rings. The number of carbonyl (C=O) groups excluding carboxylic acids is 1. The van der Waals surface area contributed by atoms with E-state index >= 15 is 0 Å². The number of carbonyl (C=O) groups is 1. The van der Waals surface area contributed by atoms with Gasteiger partial charge in [0.25, 0.3) is 5.91 Å². The lowest BCUT2D eigenvalue weighted by atomic mass is 10.2. The van der Waals surface area contributed by atoms with E-state index in [-0.39, 0.29) is 5.91 Å². The Labute approximate surface area is 78.5 Å². The van der Waals surface area contributed by atoms with Crippen LogP contribution in [0.1, 0.15) is 29.8 Å². The van der Waals surface area contributed by atoms with E-state index in [1.54, 1.807) is 6.20 Å². The predicted octanol–water partition coefficient (Wildman–Crippen LogP) is 1.71. The summed E-state index contributed by atoms with van der Waals surface area (Å²) in [5, 5.41) is 2.87.